The molecule has 1 saturated carbocycles. The Morgan fingerprint density at radius 2 is 2.35 bits per heavy atom. The molecule has 0 bridgehead atoms. The van der Waals surface area contributed by atoms with Gasteiger partial charge in [-0.3, -0.25) is 0 Å². The topological polar surface area (TPSA) is 62.2 Å². The zero-order valence-corrected chi connectivity index (χ0v) is 11.3. The van der Waals surface area contributed by atoms with Crippen LogP contribution >= 0.6 is 23.1 Å². The zero-order valence-electron chi connectivity index (χ0n) is 9.68. The summed E-state index contributed by atoms with van der Waals surface area (Å²) in [6.45, 7) is 0. The van der Waals surface area contributed by atoms with Crippen LogP contribution in [-0.2, 0) is 0 Å². The largest absolute Gasteiger partial charge is 0.476 e. The number of anilines is 1. The van der Waals surface area contributed by atoms with Gasteiger partial charge in [-0.05, 0) is 19.1 Å². The second kappa shape index (κ2) is 5.73. The molecule has 1 aromatic heterocycles. The molecule has 17 heavy (non-hydrogen) atoms. The number of carboxylic acids is 1. The molecule has 0 radical (unpaired) electrons. The van der Waals surface area contributed by atoms with E-state index in [0.717, 1.165) is 6.42 Å². The molecular weight excluding hydrogens is 256 g/mol. The number of nitrogens with one attached hydrogen (secondary N) is 1. The maximum Gasteiger partial charge on any atom is 0.357 e. The maximum absolute atomic E-state index is 11.0. The monoisotopic (exact) mass is 272 g/mol. The summed E-state index contributed by atoms with van der Waals surface area (Å²) in [5.74, 6) is -0.953. The van der Waals surface area contributed by atoms with Gasteiger partial charge in [-0.25, -0.2) is 9.78 Å². The highest BCUT2D eigenvalue weighted by atomic mass is 32.2. The van der Waals surface area contributed by atoms with Crippen molar-refractivity contribution in [2.45, 2.75) is 37.0 Å². The molecule has 0 aliphatic heterocycles. The molecule has 2 unspecified atom stereocenters. The van der Waals surface area contributed by atoms with Gasteiger partial charge in [0.2, 0.25) is 0 Å². The zero-order chi connectivity index (χ0) is 12.3. The van der Waals surface area contributed by atoms with Crippen molar-refractivity contribution in [3.63, 3.8) is 0 Å². The quantitative estimate of drug-likeness (QED) is 0.882. The average molecular weight is 272 g/mol. The molecule has 94 valence electrons. The number of nitrogens with zero attached hydrogens (tertiary/aromatic N) is 1. The van der Waals surface area contributed by atoms with Crippen LogP contribution < -0.4 is 5.32 Å². The van der Waals surface area contributed by atoms with Crippen molar-refractivity contribution in [2.75, 3.05) is 11.6 Å². The predicted octanol–water partition coefficient (Wildman–Crippen LogP) is 2.93. The first-order valence-electron chi connectivity index (χ1n) is 5.68. The van der Waals surface area contributed by atoms with Crippen LogP contribution in [0, 0.1) is 0 Å². The number of hydrogen-bond donors (Lipinski definition) is 2. The SMILES string of the molecule is CSC1CCCCC1Nc1scnc1C(=O)O. The molecule has 2 rings (SSSR count). The summed E-state index contributed by atoms with van der Waals surface area (Å²) in [5, 5.41) is 13.6. The number of aromatic nitrogens is 1. The minimum Gasteiger partial charge on any atom is -0.476 e. The summed E-state index contributed by atoms with van der Waals surface area (Å²) in [4.78, 5) is 14.9. The van der Waals surface area contributed by atoms with Gasteiger partial charge >= 0.3 is 5.97 Å². The standard InChI is InChI=1S/C11H16N2O2S2/c1-16-8-5-3-2-4-7(8)13-10-9(11(14)15)12-6-17-10/h6-8,13H,2-5H2,1H3,(H,14,15). The van der Waals surface area contributed by atoms with Crippen LogP contribution in [0.3, 0.4) is 0 Å². The fraction of sp³-hybridized carbons (Fsp3) is 0.636. The second-order valence-corrected chi connectivity index (χ2v) is 6.08. The highest BCUT2D eigenvalue weighted by Gasteiger charge is 2.26. The Bertz CT molecular complexity index is 395. The number of thioether (sulfide) groups is 1. The van der Waals surface area contributed by atoms with E-state index in [4.69, 9.17) is 5.11 Å². The molecule has 0 spiro atoms. The Labute approximate surface area is 109 Å². The lowest BCUT2D eigenvalue weighted by molar-refractivity contribution is 0.0692. The Morgan fingerprint density at radius 3 is 3.06 bits per heavy atom. The van der Waals surface area contributed by atoms with Gasteiger partial charge in [0.25, 0.3) is 0 Å². The van der Waals surface area contributed by atoms with Crippen molar-refractivity contribution in [3.8, 4) is 0 Å². The highest BCUT2D eigenvalue weighted by molar-refractivity contribution is 7.99. The van der Waals surface area contributed by atoms with E-state index in [-0.39, 0.29) is 5.69 Å². The van der Waals surface area contributed by atoms with Crippen molar-refractivity contribution in [2.24, 2.45) is 0 Å². The first kappa shape index (κ1) is 12.7. The number of aromatic carboxylic acids is 1. The molecule has 0 saturated heterocycles. The van der Waals surface area contributed by atoms with Gasteiger partial charge in [0.05, 0.1) is 5.51 Å². The number of carboxylic acid groups (broad SMARTS) is 1. The van der Waals surface area contributed by atoms with E-state index < -0.39 is 5.97 Å². The van der Waals surface area contributed by atoms with Crippen LogP contribution in [0.15, 0.2) is 5.51 Å². The molecule has 2 atom stereocenters. The number of hydrogen-bond acceptors (Lipinski definition) is 5. The van der Waals surface area contributed by atoms with Crippen LogP contribution in [0.1, 0.15) is 36.2 Å². The van der Waals surface area contributed by atoms with Crippen LogP contribution in [-0.4, -0.2) is 33.6 Å². The predicted molar refractivity (Wildman–Crippen MR) is 72.3 cm³/mol. The normalized spacial score (nSPS) is 24.5. The van der Waals surface area contributed by atoms with Crippen molar-refractivity contribution in [1.29, 1.82) is 0 Å². The van der Waals surface area contributed by atoms with Crippen LogP contribution in [0.25, 0.3) is 0 Å². The summed E-state index contributed by atoms with van der Waals surface area (Å²) in [7, 11) is 0. The molecule has 1 aliphatic rings. The van der Waals surface area contributed by atoms with E-state index in [0.29, 0.717) is 16.3 Å². The minimum absolute atomic E-state index is 0.153. The Kier molecular flexibility index (Phi) is 4.28. The van der Waals surface area contributed by atoms with Crippen molar-refractivity contribution in [1.82, 2.24) is 4.98 Å². The third-order valence-electron chi connectivity index (χ3n) is 3.09. The van der Waals surface area contributed by atoms with Crippen LogP contribution in [0.5, 0.6) is 0 Å². The lowest BCUT2D eigenvalue weighted by Crippen LogP contribution is -2.34. The van der Waals surface area contributed by atoms with E-state index in [9.17, 15) is 4.79 Å². The minimum atomic E-state index is -0.953. The van der Waals surface area contributed by atoms with Crippen molar-refractivity contribution in [3.05, 3.63) is 11.2 Å². The molecule has 4 nitrogen and oxygen atoms in total. The van der Waals surface area contributed by atoms with Crippen LogP contribution in [0.4, 0.5) is 5.00 Å². The molecule has 0 amide bonds. The lowest BCUT2D eigenvalue weighted by atomic mass is 9.95. The Morgan fingerprint density at radius 1 is 1.59 bits per heavy atom. The Balaban J connectivity index is 2.08. The molecule has 1 fully saturated rings. The van der Waals surface area contributed by atoms with E-state index in [1.807, 2.05) is 11.8 Å². The van der Waals surface area contributed by atoms with Gasteiger partial charge in [0.15, 0.2) is 5.69 Å². The third kappa shape index (κ3) is 2.93. The molecule has 1 aliphatic carbocycles. The molecule has 1 aromatic rings. The van der Waals surface area contributed by atoms with Gasteiger partial charge < -0.3 is 10.4 Å². The third-order valence-corrected chi connectivity index (χ3v) is 5.02. The molecular formula is C11H16N2O2S2. The molecule has 6 heteroatoms. The van der Waals surface area contributed by atoms with E-state index in [1.54, 1.807) is 5.51 Å². The van der Waals surface area contributed by atoms with Crippen molar-refractivity contribution >= 4 is 34.1 Å². The molecule has 0 aromatic carbocycles. The summed E-state index contributed by atoms with van der Waals surface area (Å²) in [6.07, 6.45) is 6.94. The van der Waals surface area contributed by atoms with Gasteiger partial charge in [-0.2, -0.15) is 11.8 Å². The van der Waals surface area contributed by atoms with Gasteiger partial charge in [0.1, 0.15) is 5.00 Å². The van der Waals surface area contributed by atoms with E-state index in [2.05, 4.69) is 16.6 Å². The van der Waals surface area contributed by atoms with Crippen LogP contribution in [0.2, 0.25) is 0 Å². The van der Waals surface area contributed by atoms with Crippen molar-refractivity contribution < 1.29 is 9.90 Å². The smallest absolute Gasteiger partial charge is 0.357 e. The second-order valence-electron chi connectivity index (χ2n) is 4.14. The van der Waals surface area contributed by atoms with Gasteiger partial charge in [-0.15, -0.1) is 11.3 Å². The number of carbonyl (C=O) groups is 1. The average Bonchev–Trinajstić information content (AvgIpc) is 2.78. The van der Waals surface area contributed by atoms with E-state index in [1.165, 1.54) is 30.6 Å². The summed E-state index contributed by atoms with van der Waals surface area (Å²) < 4.78 is 0. The number of thiazole rings is 1. The Hall–Kier alpha value is -0.750. The molecule has 1 heterocycles. The maximum atomic E-state index is 11.0. The van der Waals surface area contributed by atoms with Gasteiger partial charge in [0, 0.05) is 11.3 Å². The lowest BCUT2D eigenvalue weighted by Gasteiger charge is -2.31. The van der Waals surface area contributed by atoms with Gasteiger partial charge in [-0.1, -0.05) is 12.8 Å². The molecule has 2 N–H and O–H groups in total. The fourth-order valence-electron chi connectivity index (χ4n) is 2.21. The first-order valence-corrected chi connectivity index (χ1v) is 7.85. The summed E-state index contributed by atoms with van der Waals surface area (Å²) >= 11 is 3.24. The fourth-order valence-corrected chi connectivity index (χ4v) is 3.88. The summed E-state index contributed by atoms with van der Waals surface area (Å²) in [5.41, 5.74) is 1.74. The number of rotatable bonds is 4. The first-order chi connectivity index (χ1) is 8.22. The van der Waals surface area contributed by atoms with E-state index >= 15 is 0 Å². The highest BCUT2D eigenvalue weighted by Crippen LogP contribution is 2.31. The summed E-state index contributed by atoms with van der Waals surface area (Å²) in [6, 6.07) is 0.372.